The smallest absolute Gasteiger partial charge is 0.259 e. The van der Waals surface area contributed by atoms with Crippen LogP contribution in [0, 0.1) is 0 Å². The highest BCUT2D eigenvalue weighted by Crippen LogP contribution is 2.33. The molecule has 1 saturated heterocycles. The molecule has 2 aromatic rings. The van der Waals surface area contributed by atoms with Gasteiger partial charge in [-0.15, -0.1) is 11.3 Å². The van der Waals surface area contributed by atoms with Crippen molar-refractivity contribution >= 4 is 39.2 Å². The van der Waals surface area contributed by atoms with Crippen molar-refractivity contribution in [2.24, 2.45) is 0 Å². The predicted molar refractivity (Wildman–Crippen MR) is 116 cm³/mol. The predicted octanol–water partition coefficient (Wildman–Crippen LogP) is 2.65. The number of thioether (sulfide) groups is 1. The molecule has 0 radical (unpaired) electrons. The molecule has 1 fully saturated rings. The van der Waals surface area contributed by atoms with Crippen LogP contribution in [0.15, 0.2) is 4.79 Å². The molecule has 0 spiro atoms. The molecular formula is C20H28N4O2S2. The number of nitrogens with zero attached hydrogens (tertiary/aromatic N) is 3. The van der Waals surface area contributed by atoms with Crippen LogP contribution in [-0.4, -0.2) is 64.2 Å². The van der Waals surface area contributed by atoms with Crippen molar-refractivity contribution < 1.29 is 4.79 Å². The Hall–Kier alpha value is -1.38. The van der Waals surface area contributed by atoms with Crippen molar-refractivity contribution in [2.75, 3.05) is 38.5 Å². The van der Waals surface area contributed by atoms with Crippen LogP contribution < -0.4 is 5.56 Å². The first-order valence-electron chi connectivity index (χ1n) is 10.3. The fourth-order valence-corrected chi connectivity index (χ4v) is 6.15. The van der Waals surface area contributed by atoms with Crippen LogP contribution in [0.25, 0.3) is 10.2 Å². The Morgan fingerprint density at radius 3 is 2.79 bits per heavy atom. The molecule has 0 atom stereocenters. The third-order valence-corrected chi connectivity index (χ3v) is 7.90. The van der Waals surface area contributed by atoms with Crippen molar-refractivity contribution in [2.45, 2.75) is 44.8 Å². The van der Waals surface area contributed by atoms with Gasteiger partial charge in [0.25, 0.3) is 5.56 Å². The average Bonchev–Trinajstić information content (AvgIpc) is 3.10. The summed E-state index contributed by atoms with van der Waals surface area (Å²) in [6, 6.07) is 0. The first kappa shape index (κ1) is 19.9. The van der Waals surface area contributed by atoms with Crippen molar-refractivity contribution in [3.8, 4) is 0 Å². The molecule has 0 unspecified atom stereocenters. The van der Waals surface area contributed by atoms with Crippen molar-refractivity contribution in [1.29, 1.82) is 0 Å². The number of thiophene rings is 1. The van der Waals surface area contributed by atoms with E-state index in [2.05, 4.69) is 16.8 Å². The summed E-state index contributed by atoms with van der Waals surface area (Å²) in [4.78, 5) is 39.2. The van der Waals surface area contributed by atoms with Crippen LogP contribution in [0.4, 0.5) is 0 Å². The fourth-order valence-electron chi connectivity index (χ4n) is 4.08. The lowest BCUT2D eigenvalue weighted by Crippen LogP contribution is -2.48. The maximum atomic E-state index is 12.6. The molecule has 1 aliphatic heterocycles. The van der Waals surface area contributed by atoms with Gasteiger partial charge in [-0.2, -0.15) is 11.8 Å². The van der Waals surface area contributed by atoms with Crippen molar-refractivity contribution in [1.82, 2.24) is 19.8 Å². The van der Waals surface area contributed by atoms with Gasteiger partial charge in [0.05, 0.1) is 11.1 Å². The third kappa shape index (κ3) is 4.28. The van der Waals surface area contributed by atoms with Crippen LogP contribution in [0.3, 0.4) is 0 Å². The zero-order valence-corrected chi connectivity index (χ0v) is 18.1. The molecule has 6 nitrogen and oxygen atoms in total. The van der Waals surface area contributed by atoms with Gasteiger partial charge >= 0.3 is 0 Å². The zero-order valence-electron chi connectivity index (χ0n) is 16.5. The van der Waals surface area contributed by atoms with E-state index in [4.69, 9.17) is 4.98 Å². The Balaban J connectivity index is 1.30. The monoisotopic (exact) mass is 420 g/mol. The molecule has 8 heteroatoms. The second-order valence-electron chi connectivity index (χ2n) is 7.52. The number of hydrogen-bond acceptors (Lipinski definition) is 6. The number of rotatable bonds is 6. The molecule has 0 saturated carbocycles. The van der Waals surface area contributed by atoms with Gasteiger partial charge in [-0.25, -0.2) is 4.98 Å². The quantitative estimate of drug-likeness (QED) is 0.728. The van der Waals surface area contributed by atoms with E-state index in [9.17, 15) is 9.59 Å². The lowest BCUT2D eigenvalue weighted by atomic mass is 9.97. The number of aromatic nitrogens is 2. The minimum atomic E-state index is 0.00451. The molecule has 0 bridgehead atoms. The molecule has 1 amide bonds. The number of carbonyl (C=O) groups is 1. The number of piperazine rings is 1. The van der Waals surface area contributed by atoms with Crippen LogP contribution in [0.2, 0.25) is 0 Å². The standard InChI is InChI=1S/C20H28N4O2S2/c1-2-23-8-10-24(11-9-23)17(25)7-12-27-13-16-21-19(26)18-14-5-3-4-6-15(14)28-20(18)22-16/h2-13H2,1H3,(H,21,22,26). The van der Waals surface area contributed by atoms with Gasteiger partial charge in [0.15, 0.2) is 0 Å². The maximum absolute atomic E-state index is 12.6. The maximum Gasteiger partial charge on any atom is 0.259 e. The summed E-state index contributed by atoms with van der Waals surface area (Å²) in [7, 11) is 0. The SMILES string of the molecule is CCN1CCN(C(=O)CCSCc2nc3sc4c(c3c(=O)[nH]2)CCCC4)CC1. The molecular weight excluding hydrogens is 392 g/mol. The van der Waals surface area contributed by atoms with Crippen LogP contribution in [0.5, 0.6) is 0 Å². The first-order chi connectivity index (χ1) is 13.7. The Labute approximate surface area is 173 Å². The van der Waals surface area contributed by atoms with Crippen LogP contribution >= 0.6 is 23.1 Å². The number of fused-ring (bicyclic) bond motifs is 3. The molecule has 2 aromatic heterocycles. The van der Waals surface area contributed by atoms with E-state index in [0.29, 0.717) is 12.2 Å². The number of hydrogen-bond donors (Lipinski definition) is 1. The van der Waals surface area contributed by atoms with E-state index in [1.807, 2.05) is 4.90 Å². The number of likely N-dealkylation sites (N-methyl/N-ethyl adjacent to an activating group) is 1. The highest BCUT2D eigenvalue weighted by molar-refractivity contribution is 7.98. The number of H-pyrrole nitrogens is 1. The topological polar surface area (TPSA) is 69.3 Å². The van der Waals surface area contributed by atoms with E-state index in [-0.39, 0.29) is 11.5 Å². The molecule has 3 heterocycles. The lowest BCUT2D eigenvalue weighted by Gasteiger charge is -2.34. The summed E-state index contributed by atoms with van der Waals surface area (Å²) in [5, 5.41) is 0.815. The number of carbonyl (C=O) groups excluding carboxylic acids is 1. The molecule has 152 valence electrons. The van der Waals surface area contributed by atoms with Gasteiger partial charge < -0.3 is 14.8 Å². The largest absolute Gasteiger partial charge is 0.340 e. The third-order valence-electron chi connectivity index (χ3n) is 5.75. The summed E-state index contributed by atoms with van der Waals surface area (Å²) in [6.07, 6.45) is 5.01. The first-order valence-corrected chi connectivity index (χ1v) is 12.2. The lowest BCUT2D eigenvalue weighted by molar-refractivity contribution is -0.132. The Kier molecular flexibility index (Phi) is 6.38. The van der Waals surface area contributed by atoms with E-state index < -0.39 is 0 Å². The molecule has 1 N–H and O–H groups in total. The minimum absolute atomic E-state index is 0.00451. The molecule has 2 aliphatic rings. The fraction of sp³-hybridized carbons (Fsp3) is 0.650. The van der Waals surface area contributed by atoms with Crippen molar-refractivity contribution in [3.05, 3.63) is 26.6 Å². The van der Waals surface area contributed by atoms with E-state index in [0.717, 1.165) is 73.8 Å². The zero-order chi connectivity index (χ0) is 19.5. The molecule has 4 rings (SSSR count). The van der Waals surface area contributed by atoms with Gasteiger partial charge in [0.1, 0.15) is 10.7 Å². The summed E-state index contributed by atoms with van der Waals surface area (Å²) in [5.41, 5.74) is 1.23. The van der Waals surface area contributed by atoms with E-state index in [1.165, 1.54) is 16.9 Å². The van der Waals surface area contributed by atoms with E-state index in [1.54, 1.807) is 23.1 Å². The van der Waals surface area contributed by atoms with Gasteiger partial charge in [-0.3, -0.25) is 9.59 Å². The summed E-state index contributed by atoms with van der Waals surface area (Å²) < 4.78 is 0. The molecule has 28 heavy (non-hydrogen) atoms. The minimum Gasteiger partial charge on any atom is -0.340 e. The van der Waals surface area contributed by atoms with Gasteiger partial charge in [0.2, 0.25) is 5.91 Å². The average molecular weight is 421 g/mol. The highest BCUT2D eigenvalue weighted by Gasteiger charge is 2.21. The molecule has 1 aliphatic carbocycles. The summed E-state index contributed by atoms with van der Waals surface area (Å²) >= 11 is 3.36. The van der Waals surface area contributed by atoms with Crippen molar-refractivity contribution in [3.63, 3.8) is 0 Å². The van der Waals surface area contributed by atoms with Gasteiger partial charge in [0, 0.05) is 43.2 Å². The second kappa shape index (κ2) is 8.97. The highest BCUT2D eigenvalue weighted by atomic mass is 32.2. The van der Waals surface area contributed by atoms with Gasteiger partial charge in [-0.05, 0) is 37.8 Å². The Bertz CT molecular complexity index is 899. The number of amides is 1. The second-order valence-corrected chi connectivity index (χ2v) is 9.71. The Morgan fingerprint density at radius 1 is 1.21 bits per heavy atom. The normalized spacial score (nSPS) is 17.8. The number of nitrogens with one attached hydrogen (secondary N) is 1. The Morgan fingerprint density at radius 2 is 2.00 bits per heavy atom. The molecule has 0 aromatic carbocycles. The van der Waals surface area contributed by atoms with Crippen LogP contribution in [-0.2, 0) is 23.4 Å². The number of aryl methyl sites for hydroxylation is 2. The van der Waals surface area contributed by atoms with Crippen LogP contribution in [0.1, 0.15) is 42.5 Å². The summed E-state index contributed by atoms with van der Waals surface area (Å²) in [6.45, 7) is 6.85. The van der Waals surface area contributed by atoms with Gasteiger partial charge in [-0.1, -0.05) is 6.92 Å². The van der Waals surface area contributed by atoms with E-state index >= 15 is 0 Å². The summed E-state index contributed by atoms with van der Waals surface area (Å²) in [5.74, 6) is 2.37. The number of aromatic amines is 1.